The van der Waals surface area contributed by atoms with Crippen LogP contribution in [-0.2, 0) is 23.1 Å². The summed E-state index contributed by atoms with van der Waals surface area (Å²) in [5.74, 6) is 0.567. The third-order valence-electron chi connectivity index (χ3n) is 11.0. The van der Waals surface area contributed by atoms with E-state index in [1.54, 1.807) is 6.26 Å². The molecule has 0 aromatic rings. The zero-order chi connectivity index (χ0) is 29.7. The first-order chi connectivity index (χ1) is 18.1. The second kappa shape index (κ2) is 13.7. The maximum absolute atomic E-state index is 14.0. The van der Waals surface area contributed by atoms with Gasteiger partial charge in [0.1, 0.15) is 0 Å². The van der Waals surface area contributed by atoms with Gasteiger partial charge >= 0.3 is 0 Å². The molecule has 0 radical (unpaired) electrons. The van der Waals surface area contributed by atoms with Gasteiger partial charge in [-0.05, 0) is 100.0 Å². The Labute approximate surface area is 243 Å². The molecule has 0 heterocycles. The van der Waals surface area contributed by atoms with Crippen molar-refractivity contribution in [1.29, 1.82) is 0 Å². The average molecular weight is 583 g/mol. The summed E-state index contributed by atoms with van der Waals surface area (Å²) in [6.45, 7) is 28.4. The highest BCUT2D eigenvalue weighted by Gasteiger charge is 2.59. The van der Waals surface area contributed by atoms with Gasteiger partial charge in [0.25, 0.3) is 0 Å². The number of carbonyl (C=O) groups is 1. The number of ketones is 1. The normalized spacial score (nSPS) is 30.4. The fourth-order valence-electron chi connectivity index (χ4n) is 6.98. The molecule has 0 N–H and O–H groups in total. The van der Waals surface area contributed by atoms with Crippen LogP contribution in [-0.4, -0.2) is 48.0 Å². The van der Waals surface area contributed by atoms with Crippen LogP contribution in [0.2, 0.25) is 36.3 Å². The lowest BCUT2D eigenvalue weighted by molar-refractivity contribution is -0.152. The molecule has 0 aliphatic heterocycles. The maximum atomic E-state index is 14.0. The van der Waals surface area contributed by atoms with Crippen molar-refractivity contribution in [2.75, 3.05) is 13.2 Å². The Hall–Kier alpha value is -0.476. The molecule has 0 aromatic carbocycles. The van der Waals surface area contributed by atoms with Gasteiger partial charge in [-0.3, -0.25) is 4.79 Å². The van der Waals surface area contributed by atoms with Gasteiger partial charge in [0.2, 0.25) is 0 Å². The number of carbonyl (C=O) groups excluding carboxylic acids is 1. The molecule has 2 aliphatic carbocycles. The first-order valence-electron chi connectivity index (χ1n) is 15.9. The first-order valence-corrected chi connectivity index (χ1v) is 21.3. The predicted molar refractivity (Wildman–Crippen MR) is 168 cm³/mol. The van der Waals surface area contributed by atoms with Crippen molar-refractivity contribution in [1.82, 2.24) is 0 Å². The van der Waals surface area contributed by atoms with E-state index < -0.39 is 16.6 Å². The average Bonchev–Trinajstić information content (AvgIpc) is 2.87. The smallest absolute Gasteiger partial charge is 0.196 e. The van der Waals surface area contributed by atoms with E-state index >= 15 is 0 Å². The van der Waals surface area contributed by atoms with E-state index in [2.05, 4.69) is 68.5 Å². The zero-order valence-corrected chi connectivity index (χ0v) is 29.6. The van der Waals surface area contributed by atoms with Crippen molar-refractivity contribution >= 4 is 22.4 Å². The summed E-state index contributed by atoms with van der Waals surface area (Å²) in [6, 6.07) is 3.47. The number of hydrogen-bond donors (Lipinski definition) is 0. The number of fused-ring (bicyclic) bond motifs is 1. The van der Waals surface area contributed by atoms with E-state index in [1.165, 1.54) is 0 Å². The number of hydrogen-bond acceptors (Lipinski definition) is 5. The number of ether oxygens (including phenoxy) is 2. The molecule has 5 nitrogen and oxygen atoms in total. The van der Waals surface area contributed by atoms with Crippen molar-refractivity contribution in [3.05, 3.63) is 11.8 Å². The van der Waals surface area contributed by atoms with Crippen LogP contribution in [0.3, 0.4) is 0 Å². The van der Waals surface area contributed by atoms with E-state index in [-0.39, 0.29) is 34.0 Å². The molecule has 7 heteroatoms. The molecular weight excluding hydrogens is 521 g/mol. The summed E-state index contributed by atoms with van der Waals surface area (Å²) in [5.41, 5.74) is 0.386. The third-order valence-corrected chi connectivity index (χ3v) is 20.2. The zero-order valence-electron chi connectivity index (χ0n) is 27.6. The van der Waals surface area contributed by atoms with E-state index in [0.29, 0.717) is 12.5 Å². The van der Waals surface area contributed by atoms with Crippen LogP contribution in [0, 0.1) is 16.7 Å². The largest absolute Gasteiger partial charge is 0.472 e. The summed E-state index contributed by atoms with van der Waals surface area (Å²) < 4.78 is 25.2. The van der Waals surface area contributed by atoms with Crippen molar-refractivity contribution in [3.63, 3.8) is 0 Å². The summed E-state index contributed by atoms with van der Waals surface area (Å²) in [5, 5.41) is 0.209. The van der Waals surface area contributed by atoms with Crippen molar-refractivity contribution in [2.24, 2.45) is 16.7 Å². The minimum Gasteiger partial charge on any atom is -0.472 e. The van der Waals surface area contributed by atoms with Gasteiger partial charge < -0.3 is 18.3 Å². The molecule has 0 bridgehead atoms. The topological polar surface area (TPSA) is 54.0 Å². The van der Waals surface area contributed by atoms with Gasteiger partial charge in [0.05, 0.1) is 12.4 Å². The minimum absolute atomic E-state index is 0.0534. The number of rotatable bonds is 14. The van der Waals surface area contributed by atoms with Crippen LogP contribution in [0.4, 0.5) is 0 Å². The molecule has 0 aromatic heterocycles. The molecule has 5 atom stereocenters. The van der Waals surface area contributed by atoms with E-state index in [9.17, 15) is 4.79 Å². The van der Waals surface area contributed by atoms with E-state index in [4.69, 9.17) is 18.3 Å². The Morgan fingerprint density at radius 2 is 1.67 bits per heavy atom. The van der Waals surface area contributed by atoms with Crippen LogP contribution < -0.4 is 0 Å². The van der Waals surface area contributed by atoms with Gasteiger partial charge in [-0.1, -0.05) is 55.4 Å². The second-order valence-corrected chi connectivity index (χ2v) is 23.8. The molecule has 1 unspecified atom stereocenters. The van der Waals surface area contributed by atoms with Gasteiger partial charge in [0.15, 0.2) is 28.7 Å². The Kier molecular flexibility index (Phi) is 12.2. The van der Waals surface area contributed by atoms with Crippen LogP contribution in [0.5, 0.6) is 0 Å². The summed E-state index contributed by atoms with van der Waals surface area (Å²) in [7, 11) is -3.59. The second-order valence-electron chi connectivity index (χ2n) is 14.2. The third kappa shape index (κ3) is 7.68. The lowest BCUT2D eigenvalue weighted by Gasteiger charge is -2.58. The Morgan fingerprint density at radius 3 is 2.21 bits per heavy atom. The molecule has 228 valence electrons. The molecule has 39 heavy (non-hydrogen) atoms. The van der Waals surface area contributed by atoms with E-state index in [0.717, 1.165) is 68.8 Å². The van der Waals surface area contributed by atoms with Crippen molar-refractivity contribution in [2.45, 2.75) is 156 Å². The van der Waals surface area contributed by atoms with Crippen LogP contribution in [0.25, 0.3) is 0 Å². The predicted octanol–water partition coefficient (Wildman–Crippen LogP) is 9.25. The summed E-state index contributed by atoms with van der Waals surface area (Å²) in [4.78, 5) is 14.0. The Bertz CT molecular complexity index is 823. The standard InChI is InChI=1S/C32H62O5Si2/c1-13-34-25(5)35-24-26-18-19-27-31(9,21-17-23-36-38(11,12)30(6,7)8)28(20-22-32(27,10)29(26)33)37-39(14-2,15-3)16-4/h24-25,27-28H,13-23H2,1-12H3/b26-24-/t25?,27-,28+,31-,32-/m0/s1. The molecule has 2 rings (SSSR count). The number of allylic oxidation sites excluding steroid dienone is 1. The molecule has 2 fully saturated rings. The fraction of sp³-hybridized carbons (Fsp3) is 0.906. The highest BCUT2D eigenvalue weighted by molar-refractivity contribution is 6.74. The van der Waals surface area contributed by atoms with Crippen LogP contribution in [0.1, 0.15) is 108 Å². The Balaban J connectivity index is 2.33. The first kappa shape index (κ1) is 34.7. The van der Waals surface area contributed by atoms with Gasteiger partial charge in [0, 0.05) is 24.2 Å². The Morgan fingerprint density at radius 1 is 1.05 bits per heavy atom. The molecular formula is C32H62O5Si2. The van der Waals surface area contributed by atoms with Gasteiger partial charge in [-0.2, -0.15) is 0 Å². The molecule has 0 saturated heterocycles. The van der Waals surface area contributed by atoms with Crippen molar-refractivity contribution < 1.29 is 23.1 Å². The van der Waals surface area contributed by atoms with Crippen LogP contribution in [0.15, 0.2) is 11.8 Å². The van der Waals surface area contributed by atoms with E-state index in [1.807, 2.05) is 13.8 Å². The van der Waals surface area contributed by atoms with Crippen LogP contribution >= 0.6 is 0 Å². The highest BCUT2D eigenvalue weighted by atomic mass is 28.4. The van der Waals surface area contributed by atoms with Crippen molar-refractivity contribution in [3.8, 4) is 0 Å². The minimum atomic E-state index is -1.80. The highest BCUT2D eigenvalue weighted by Crippen LogP contribution is 2.60. The SMILES string of the molecule is CCOC(C)O/C=C1/CC[C@H]2[C@](C)(CCCO[Si](C)(C)C(C)(C)C)[C@H](O[Si](CC)(CC)CC)CC[C@]2(C)C1=O. The lowest BCUT2D eigenvalue weighted by Crippen LogP contribution is -2.59. The maximum Gasteiger partial charge on any atom is 0.196 e. The quantitative estimate of drug-likeness (QED) is 0.0671. The van der Waals surface area contributed by atoms with Gasteiger partial charge in [-0.15, -0.1) is 0 Å². The lowest BCUT2D eigenvalue weighted by atomic mass is 9.48. The monoisotopic (exact) mass is 582 g/mol. The molecule has 0 spiro atoms. The molecule has 0 amide bonds. The molecule has 2 saturated carbocycles. The number of Topliss-reactive ketones (excluding diaryl/α,β-unsaturated/α-hetero) is 1. The summed E-state index contributed by atoms with van der Waals surface area (Å²) in [6.07, 6.45) is 7.22. The molecule has 2 aliphatic rings. The fourth-order valence-corrected chi connectivity index (χ4v) is 11.1. The van der Waals surface area contributed by atoms with Gasteiger partial charge in [-0.25, -0.2) is 0 Å². The summed E-state index contributed by atoms with van der Waals surface area (Å²) >= 11 is 0.